The van der Waals surface area contributed by atoms with Crippen molar-refractivity contribution in [2.24, 2.45) is 0 Å². The predicted molar refractivity (Wildman–Crippen MR) is 91.3 cm³/mol. The summed E-state index contributed by atoms with van der Waals surface area (Å²) in [4.78, 5) is 14.8. The van der Waals surface area contributed by atoms with Crippen LogP contribution < -0.4 is 0 Å². The maximum Gasteiger partial charge on any atom is 0.274 e. The SMILES string of the molecule is CCCc1cc(C(=O)N(Cc2ccc(CC)cc2)C2CC2)n[nH]1. The summed E-state index contributed by atoms with van der Waals surface area (Å²) in [6.07, 6.45) is 5.23. The van der Waals surface area contributed by atoms with Crippen LogP contribution in [0.15, 0.2) is 30.3 Å². The first-order valence-corrected chi connectivity index (χ1v) is 8.64. The fourth-order valence-electron chi connectivity index (χ4n) is 2.85. The monoisotopic (exact) mass is 311 g/mol. The molecule has 3 rings (SSSR count). The van der Waals surface area contributed by atoms with E-state index in [9.17, 15) is 4.79 Å². The third kappa shape index (κ3) is 3.81. The Bertz CT molecular complexity index is 656. The molecule has 0 unspecified atom stereocenters. The largest absolute Gasteiger partial charge is 0.330 e. The summed E-state index contributed by atoms with van der Waals surface area (Å²) in [5.41, 5.74) is 4.10. The minimum absolute atomic E-state index is 0.0469. The van der Waals surface area contributed by atoms with Gasteiger partial charge in [0.05, 0.1) is 0 Å². The van der Waals surface area contributed by atoms with Gasteiger partial charge < -0.3 is 4.90 Å². The van der Waals surface area contributed by atoms with E-state index in [0.29, 0.717) is 18.3 Å². The second-order valence-corrected chi connectivity index (χ2v) is 6.36. The van der Waals surface area contributed by atoms with Gasteiger partial charge in [-0.1, -0.05) is 44.5 Å². The Morgan fingerprint density at radius 1 is 1.22 bits per heavy atom. The van der Waals surface area contributed by atoms with Crippen molar-refractivity contribution in [3.8, 4) is 0 Å². The summed E-state index contributed by atoms with van der Waals surface area (Å²) in [5, 5.41) is 7.20. The van der Waals surface area contributed by atoms with Gasteiger partial charge in [0.25, 0.3) is 5.91 Å². The fraction of sp³-hybridized carbons (Fsp3) is 0.474. The number of nitrogens with zero attached hydrogens (tertiary/aromatic N) is 2. The number of aryl methyl sites for hydroxylation is 2. The van der Waals surface area contributed by atoms with Gasteiger partial charge >= 0.3 is 0 Å². The number of hydrogen-bond acceptors (Lipinski definition) is 2. The summed E-state index contributed by atoms with van der Waals surface area (Å²) < 4.78 is 0. The lowest BCUT2D eigenvalue weighted by molar-refractivity contribution is 0.0724. The summed E-state index contributed by atoms with van der Waals surface area (Å²) >= 11 is 0. The molecule has 1 N–H and O–H groups in total. The molecule has 1 amide bonds. The molecular formula is C19H25N3O. The minimum atomic E-state index is 0.0469. The molecule has 122 valence electrons. The Morgan fingerprint density at radius 2 is 1.91 bits per heavy atom. The molecule has 1 aromatic heterocycles. The molecular weight excluding hydrogens is 286 g/mol. The van der Waals surface area contributed by atoms with E-state index in [-0.39, 0.29) is 5.91 Å². The third-order valence-electron chi connectivity index (χ3n) is 4.40. The number of H-pyrrole nitrogens is 1. The van der Waals surface area contributed by atoms with Crippen molar-refractivity contribution in [3.63, 3.8) is 0 Å². The molecule has 0 radical (unpaired) electrons. The number of aromatic amines is 1. The lowest BCUT2D eigenvalue weighted by Gasteiger charge is -2.21. The van der Waals surface area contributed by atoms with Gasteiger partial charge in [-0.3, -0.25) is 9.89 Å². The molecule has 2 aromatic rings. The second kappa shape index (κ2) is 6.99. The molecule has 1 saturated carbocycles. The van der Waals surface area contributed by atoms with Crippen LogP contribution in [-0.2, 0) is 19.4 Å². The lowest BCUT2D eigenvalue weighted by Crippen LogP contribution is -2.32. The van der Waals surface area contributed by atoms with Crippen LogP contribution >= 0.6 is 0 Å². The molecule has 23 heavy (non-hydrogen) atoms. The topological polar surface area (TPSA) is 49.0 Å². The smallest absolute Gasteiger partial charge is 0.274 e. The van der Waals surface area contributed by atoms with E-state index < -0.39 is 0 Å². The molecule has 1 heterocycles. The van der Waals surface area contributed by atoms with Crippen LogP contribution in [0.1, 0.15) is 60.4 Å². The Morgan fingerprint density at radius 3 is 2.52 bits per heavy atom. The number of carbonyl (C=O) groups is 1. The Hall–Kier alpha value is -2.10. The molecule has 0 spiro atoms. The van der Waals surface area contributed by atoms with Gasteiger partial charge in [0, 0.05) is 18.3 Å². The lowest BCUT2D eigenvalue weighted by atomic mass is 10.1. The Kier molecular flexibility index (Phi) is 4.79. The van der Waals surface area contributed by atoms with Gasteiger partial charge in [0.2, 0.25) is 0 Å². The van der Waals surface area contributed by atoms with Crippen LogP contribution in [0.2, 0.25) is 0 Å². The Labute approximate surface area is 137 Å². The van der Waals surface area contributed by atoms with Crippen LogP contribution in [0.25, 0.3) is 0 Å². The van der Waals surface area contributed by atoms with Gasteiger partial charge in [0.15, 0.2) is 0 Å². The van der Waals surface area contributed by atoms with Crippen molar-refractivity contribution < 1.29 is 4.79 Å². The summed E-state index contributed by atoms with van der Waals surface area (Å²) in [7, 11) is 0. The van der Waals surface area contributed by atoms with E-state index in [1.54, 1.807) is 0 Å². The minimum Gasteiger partial charge on any atom is -0.330 e. The van der Waals surface area contributed by atoms with Crippen molar-refractivity contribution in [1.82, 2.24) is 15.1 Å². The van der Waals surface area contributed by atoms with Crippen LogP contribution in [0.3, 0.4) is 0 Å². The average molecular weight is 311 g/mol. The molecule has 4 heteroatoms. The highest BCUT2D eigenvalue weighted by molar-refractivity contribution is 5.92. The molecule has 0 atom stereocenters. The zero-order valence-electron chi connectivity index (χ0n) is 14.0. The fourth-order valence-corrected chi connectivity index (χ4v) is 2.85. The van der Waals surface area contributed by atoms with E-state index in [1.165, 1.54) is 11.1 Å². The van der Waals surface area contributed by atoms with E-state index >= 15 is 0 Å². The number of rotatable bonds is 7. The zero-order valence-corrected chi connectivity index (χ0v) is 14.0. The molecule has 1 aromatic carbocycles. The zero-order chi connectivity index (χ0) is 16.2. The maximum absolute atomic E-state index is 12.8. The molecule has 1 aliphatic rings. The maximum atomic E-state index is 12.8. The number of benzene rings is 1. The predicted octanol–water partition coefficient (Wildman–Crippen LogP) is 3.73. The van der Waals surface area contributed by atoms with Crippen LogP contribution in [0.5, 0.6) is 0 Å². The normalized spacial score (nSPS) is 14.0. The van der Waals surface area contributed by atoms with Crippen molar-refractivity contribution in [2.75, 3.05) is 0 Å². The number of amides is 1. The average Bonchev–Trinajstić information content (AvgIpc) is 3.31. The quantitative estimate of drug-likeness (QED) is 0.847. The molecule has 0 saturated heterocycles. The van der Waals surface area contributed by atoms with Crippen molar-refractivity contribution in [3.05, 3.63) is 52.8 Å². The van der Waals surface area contributed by atoms with Gasteiger partial charge in [-0.2, -0.15) is 5.10 Å². The van der Waals surface area contributed by atoms with Gasteiger partial charge in [0.1, 0.15) is 5.69 Å². The molecule has 1 aliphatic carbocycles. The number of hydrogen-bond donors (Lipinski definition) is 1. The number of nitrogens with one attached hydrogen (secondary N) is 1. The highest BCUT2D eigenvalue weighted by Crippen LogP contribution is 2.29. The Balaban J connectivity index is 1.73. The van der Waals surface area contributed by atoms with Gasteiger partial charge in [-0.05, 0) is 42.9 Å². The molecule has 0 bridgehead atoms. The molecule has 4 nitrogen and oxygen atoms in total. The first-order valence-electron chi connectivity index (χ1n) is 8.64. The molecule has 1 fully saturated rings. The first kappa shape index (κ1) is 15.8. The van der Waals surface area contributed by atoms with E-state index in [1.807, 2.05) is 11.0 Å². The van der Waals surface area contributed by atoms with E-state index in [2.05, 4.69) is 48.3 Å². The van der Waals surface area contributed by atoms with Crippen LogP contribution in [0, 0.1) is 0 Å². The third-order valence-corrected chi connectivity index (χ3v) is 4.40. The van der Waals surface area contributed by atoms with Crippen molar-refractivity contribution >= 4 is 5.91 Å². The highest BCUT2D eigenvalue weighted by Gasteiger charge is 2.34. The van der Waals surface area contributed by atoms with Crippen LogP contribution in [-0.4, -0.2) is 27.0 Å². The van der Waals surface area contributed by atoms with E-state index in [4.69, 9.17) is 0 Å². The number of carbonyl (C=O) groups excluding carboxylic acids is 1. The standard InChI is InChI=1S/C19H25N3O/c1-3-5-16-12-18(21-20-16)19(23)22(17-10-11-17)13-15-8-6-14(4-2)7-9-15/h6-9,12,17H,3-5,10-11,13H2,1-2H3,(H,20,21). The first-order chi connectivity index (χ1) is 11.2. The van der Waals surface area contributed by atoms with Crippen LogP contribution in [0.4, 0.5) is 0 Å². The highest BCUT2D eigenvalue weighted by atomic mass is 16.2. The number of aromatic nitrogens is 2. The van der Waals surface area contributed by atoms with Gasteiger partial charge in [-0.15, -0.1) is 0 Å². The summed E-state index contributed by atoms with van der Waals surface area (Å²) in [5.74, 6) is 0.0469. The second-order valence-electron chi connectivity index (χ2n) is 6.36. The van der Waals surface area contributed by atoms with Gasteiger partial charge in [-0.25, -0.2) is 0 Å². The molecule has 0 aliphatic heterocycles. The van der Waals surface area contributed by atoms with Crippen molar-refractivity contribution in [2.45, 2.75) is 58.5 Å². The summed E-state index contributed by atoms with van der Waals surface area (Å²) in [6, 6.07) is 10.8. The van der Waals surface area contributed by atoms with Crippen molar-refractivity contribution in [1.29, 1.82) is 0 Å². The van der Waals surface area contributed by atoms with E-state index in [0.717, 1.165) is 37.8 Å². The summed E-state index contributed by atoms with van der Waals surface area (Å²) in [6.45, 7) is 4.95.